The van der Waals surface area contributed by atoms with Crippen molar-refractivity contribution in [1.82, 2.24) is 9.80 Å². The average molecular weight is 405 g/mol. The van der Waals surface area contributed by atoms with E-state index < -0.39 is 17.6 Å². The maximum Gasteiger partial charge on any atom is 0.416 e. The quantitative estimate of drug-likeness (QED) is 0.801. The zero-order valence-corrected chi connectivity index (χ0v) is 16.7. The number of hydrogen-bond donors (Lipinski definition) is 1. The Morgan fingerprint density at radius 2 is 1.69 bits per heavy atom. The molecule has 1 aliphatic rings. The Bertz CT molecular complexity index is 859. The van der Waals surface area contributed by atoms with E-state index in [0.717, 1.165) is 44.4 Å². The molecule has 4 nitrogen and oxygen atoms in total. The molecule has 0 atom stereocenters. The molecule has 1 fully saturated rings. The predicted octanol–water partition coefficient (Wildman–Crippen LogP) is 4.40. The molecule has 0 radical (unpaired) electrons. The molecular formula is C22H26F3N3O. The molecule has 0 bridgehead atoms. The number of rotatable bonds is 5. The van der Waals surface area contributed by atoms with Gasteiger partial charge in [-0.1, -0.05) is 31.2 Å². The van der Waals surface area contributed by atoms with Crippen molar-refractivity contribution in [1.29, 1.82) is 0 Å². The van der Waals surface area contributed by atoms with Gasteiger partial charge >= 0.3 is 6.18 Å². The molecule has 1 amide bonds. The molecule has 3 rings (SSSR count). The first-order valence-corrected chi connectivity index (χ1v) is 9.79. The molecule has 1 saturated heterocycles. The molecule has 0 aliphatic carbocycles. The van der Waals surface area contributed by atoms with Gasteiger partial charge in [0.15, 0.2) is 0 Å². The molecule has 2 aromatic carbocycles. The van der Waals surface area contributed by atoms with Gasteiger partial charge in [-0.25, -0.2) is 0 Å². The molecule has 1 heterocycles. The summed E-state index contributed by atoms with van der Waals surface area (Å²) in [4.78, 5) is 16.8. The maximum atomic E-state index is 13.7. The Kier molecular flexibility index (Phi) is 6.59. The van der Waals surface area contributed by atoms with Crippen LogP contribution in [0.25, 0.3) is 0 Å². The fraction of sp³-hybridized carbons (Fsp3) is 0.409. The van der Waals surface area contributed by atoms with Gasteiger partial charge in [-0.15, -0.1) is 0 Å². The van der Waals surface area contributed by atoms with Crippen LogP contribution in [0.3, 0.4) is 0 Å². The van der Waals surface area contributed by atoms with E-state index in [1.807, 2.05) is 11.0 Å². The lowest BCUT2D eigenvalue weighted by Gasteiger charge is -2.34. The number of anilines is 1. The van der Waals surface area contributed by atoms with Crippen LogP contribution in [0.15, 0.2) is 42.5 Å². The van der Waals surface area contributed by atoms with Crippen molar-refractivity contribution in [3.8, 4) is 0 Å². The molecule has 1 N–H and O–H groups in total. The smallest absolute Gasteiger partial charge is 0.322 e. The third kappa shape index (κ3) is 5.36. The molecule has 29 heavy (non-hydrogen) atoms. The first-order chi connectivity index (χ1) is 13.8. The van der Waals surface area contributed by atoms with E-state index in [4.69, 9.17) is 0 Å². The second kappa shape index (κ2) is 8.97. The number of aryl methyl sites for hydroxylation is 1. The minimum absolute atomic E-state index is 0.144. The van der Waals surface area contributed by atoms with Gasteiger partial charge in [-0.3, -0.25) is 9.69 Å². The highest BCUT2D eigenvalue weighted by atomic mass is 19.4. The Hall–Kier alpha value is -2.38. The van der Waals surface area contributed by atoms with Gasteiger partial charge in [0.2, 0.25) is 0 Å². The standard InChI is InChI=1S/C22H26F3N3O/c1-3-27-10-12-28(13-11-27)15-17-8-9-18(14-20(17)22(23,24)25)26-21(29)19-7-5-4-6-16(19)2/h4-9,14H,3,10-13,15H2,1-2H3,(H,26,29). The van der Waals surface area contributed by atoms with E-state index in [1.165, 1.54) is 6.07 Å². The molecule has 0 spiro atoms. The van der Waals surface area contributed by atoms with E-state index in [1.54, 1.807) is 31.2 Å². The number of carbonyl (C=O) groups is 1. The number of nitrogens with one attached hydrogen (secondary N) is 1. The predicted molar refractivity (Wildman–Crippen MR) is 108 cm³/mol. The highest BCUT2D eigenvalue weighted by molar-refractivity contribution is 6.05. The number of carbonyl (C=O) groups excluding carboxylic acids is 1. The third-order valence-electron chi connectivity index (χ3n) is 5.37. The first-order valence-electron chi connectivity index (χ1n) is 9.79. The van der Waals surface area contributed by atoms with Gasteiger partial charge in [-0.2, -0.15) is 13.2 Å². The van der Waals surface area contributed by atoms with E-state index in [2.05, 4.69) is 17.1 Å². The number of likely N-dealkylation sites (N-methyl/N-ethyl adjacent to an activating group) is 1. The molecule has 2 aromatic rings. The summed E-state index contributed by atoms with van der Waals surface area (Å²) in [6.45, 7) is 8.30. The van der Waals surface area contributed by atoms with Gasteiger partial charge in [0.05, 0.1) is 5.56 Å². The molecule has 7 heteroatoms. The minimum atomic E-state index is -4.48. The molecule has 1 aliphatic heterocycles. The summed E-state index contributed by atoms with van der Waals surface area (Å²) >= 11 is 0. The highest BCUT2D eigenvalue weighted by Gasteiger charge is 2.34. The zero-order chi connectivity index (χ0) is 21.0. The Morgan fingerprint density at radius 1 is 1.03 bits per heavy atom. The van der Waals surface area contributed by atoms with E-state index in [9.17, 15) is 18.0 Å². The normalized spacial score (nSPS) is 16.0. The molecule has 0 aromatic heterocycles. The van der Waals surface area contributed by atoms with Crippen LogP contribution >= 0.6 is 0 Å². The van der Waals surface area contributed by atoms with E-state index in [0.29, 0.717) is 5.56 Å². The first kappa shape index (κ1) is 21.3. The monoisotopic (exact) mass is 405 g/mol. The van der Waals surface area contributed by atoms with Crippen LogP contribution in [0.1, 0.15) is 34.0 Å². The van der Waals surface area contributed by atoms with Crippen molar-refractivity contribution < 1.29 is 18.0 Å². The van der Waals surface area contributed by atoms with Crippen molar-refractivity contribution >= 4 is 11.6 Å². The summed E-state index contributed by atoms with van der Waals surface area (Å²) in [5.41, 5.74) is 0.891. The van der Waals surface area contributed by atoms with Crippen molar-refractivity contribution in [3.63, 3.8) is 0 Å². The number of hydrogen-bond acceptors (Lipinski definition) is 3. The highest BCUT2D eigenvalue weighted by Crippen LogP contribution is 2.34. The van der Waals surface area contributed by atoms with Gasteiger partial charge < -0.3 is 10.2 Å². The van der Waals surface area contributed by atoms with Gasteiger partial charge in [0.25, 0.3) is 5.91 Å². The summed E-state index contributed by atoms with van der Waals surface area (Å²) in [5, 5.41) is 2.60. The zero-order valence-electron chi connectivity index (χ0n) is 16.7. The van der Waals surface area contributed by atoms with Crippen molar-refractivity contribution in [3.05, 3.63) is 64.7 Å². The number of benzene rings is 2. The second-order valence-electron chi connectivity index (χ2n) is 7.35. The Morgan fingerprint density at radius 3 is 2.31 bits per heavy atom. The lowest BCUT2D eigenvalue weighted by Crippen LogP contribution is -2.45. The van der Waals surface area contributed by atoms with Gasteiger partial charge in [-0.05, 0) is 42.8 Å². The SMILES string of the molecule is CCN1CCN(Cc2ccc(NC(=O)c3ccccc3C)cc2C(F)(F)F)CC1. The van der Waals surface area contributed by atoms with Crippen molar-refractivity contribution in [2.45, 2.75) is 26.6 Å². The Balaban J connectivity index is 1.78. The fourth-order valence-electron chi connectivity index (χ4n) is 3.59. The molecule has 156 valence electrons. The topological polar surface area (TPSA) is 35.6 Å². The minimum Gasteiger partial charge on any atom is -0.322 e. The number of piperazine rings is 1. The lowest BCUT2D eigenvalue weighted by molar-refractivity contribution is -0.138. The average Bonchev–Trinajstić information content (AvgIpc) is 2.69. The van der Waals surface area contributed by atoms with Crippen LogP contribution < -0.4 is 5.32 Å². The Labute approximate surface area is 169 Å². The summed E-state index contributed by atoms with van der Waals surface area (Å²) in [7, 11) is 0. The molecule has 0 unspecified atom stereocenters. The van der Waals surface area contributed by atoms with Crippen molar-refractivity contribution in [2.75, 3.05) is 38.0 Å². The summed E-state index contributed by atoms with van der Waals surface area (Å²) in [6, 6.07) is 11.0. The van der Waals surface area contributed by atoms with Crippen LogP contribution in [0, 0.1) is 6.92 Å². The van der Waals surface area contributed by atoms with Gasteiger partial charge in [0.1, 0.15) is 0 Å². The van der Waals surface area contributed by atoms with Crippen LogP contribution in [0.5, 0.6) is 0 Å². The number of amides is 1. The van der Waals surface area contributed by atoms with E-state index in [-0.39, 0.29) is 17.8 Å². The lowest BCUT2D eigenvalue weighted by atomic mass is 10.0. The van der Waals surface area contributed by atoms with Crippen LogP contribution in [-0.4, -0.2) is 48.4 Å². The van der Waals surface area contributed by atoms with Crippen molar-refractivity contribution in [2.24, 2.45) is 0 Å². The number of nitrogens with zero attached hydrogens (tertiary/aromatic N) is 2. The van der Waals surface area contributed by atoms with E-state index >= 15 is 0 Å². The maximum absolute atomic E-state index is 13.7. The van der Waals surface area contributed by atoms with Gasteiger partial charge in [0, 0.05) is 44.0 Å². The third-order valence-corrected chi connectivity index (χ3v) is 5.37. The van der Waals surface area contributed by atoms with Crippen LogP contribution in [0.4, 0.5) is 18.9 Å². The van der Waals surface area contributed by atoms with Crippen LogP contribution in [-0.2, 0) is 12.7 Å². The summed E-state index contributed by atoms with van der Waals surface area (Å²) in [6.07, 6.45) is -4.48. The van der Waals surface area contributed by atoms with Crippen LogP contribution in [0.2, 0.25) is 0 Å². The summed E-state index contributed by atoms with van der Waals surface area (Å²) in [5.74, 6) is -0.417. The summed E-state index contributed by atoms with van der Waals surface area (Å²) < 4.78 is 41.1. The fourth-order valence-corrected chi connectivity index (χ4v) is 3.59. The largest absolute Gasteiger partial charge is 0.416 e. The number of alkyl halides is 3. The molecular weight excluding hydrogens is 379 g/mol. The second-order valence-corrected chi connectivity index (χ2v) is 7.35. The molecule has 0 saturated carbocycles. The number of halogens is 3.